The van der Waals surface area contributed by atoms with Gasteiger partial charge in [0.15, 0.2) is 5.82 Å². The molecule has 1 fully saturated rings. The van der Waals surface area contributed by atoms with E-state index in [0.717, 1.165) is 47.7 Å². The van der Waals surface area contributed by atoms with Gasteiger partial charge in [-0.2, -0.15) is 0 Å². The average molecular weight is 335 g/mol. The maximum Gasteiger partial charge on any atom is 0.154 e. The van der Waals surface area contributed by atoms with Crippen LogP contribution in [0.15, 0.2) is 42.7 Å². The van der Waals surface area contributed by atoms with Gasteiger partial charge in [0.05, 0.1) is 11.2 Å². The smallest absolute Gasteiger partial charge is 0.154 e. The minimum atomic E-state index is 0.243. The third-order valence-electron chi connectivity index (χ3n) is 4.58. The Morgan fingerprint density at radius 3 is 2.80 bits per heavy atom. The molecule has 2 aromatic heterocycles. The quantitative estimate of drug-likeness (QED) is 0.680. The van der Waals surface area contributed by atoms with Crippen molar-refractivity contribution < 1.29 is 5.11 Å². The second-order valence-corrected chi connectivity index (χ2v) is 6.42. The molecule has 0 bridgehead atoms. The van der Waals surface area contributed by atoms with Crippen molar-refractivity contribution in [2.45, 2.75) is 12.8 Å². The Morgan fingerprint density at radius 1 is 1.16 bits per heavy atom. The largest absolute Gasteiger partial charge is 0.508 e. The highest BCUT2D eigenvalue weighted by atomic mass is 16.3. The van der Waals surface area contributed by atoms with E-state index in [4.69, 9.17) is 4.98 Å². The Balaban J connectivity index is 1.67. The summed E-state index contributed by atoms with van der Waals surface area (Å²) in [5.74, 6) is 1.60. The summed E-state index contributed by atoms with van der Waals surface area (Å²) in [6.45, 7) is 3.01. The van der Waals surface area contributed by atoms with Crippen LogP contribution >= 0.6 is 0 Å². The number of aromatic nitrogens is 3. The van der Waals surface area contributed by atoms with E-state index in [2.05, 4.69) is 20.6 Å². The molecule has 0 spiro atoms. The summed E-state index contributed by atoms with van der Waals surface area (Å²) in [7, 11) is 0. The lowest BCUT2D eigenvalue weighted by atomic mass is 10.00. The van der Waals surface area contributed by atoms with Crippen LogP contribution in [0.5, 0.6) is 5.75 Å². The van der Waals surface area contributed by atoms with Crippen LogP contribution in [-0.2, 0) is 0 Å². The molecule has 0 amide bonds. The first-order valence-corrected chi connectivity index (χ1v) is 8.65. The van der Waals surface area contributed by atoms with Crippen LogP contribution in [0, 0.1) is 5.92 Å². The van der Waals surface area contributed by atoms with Gasteiger partial charge in [-0.25, -0.2) is 9.97 Å². The summed E-state index contributed by atoms with van der Waals surface area (Å²) in [6, 6.07) is 8.98. The Kier molecular flexibility index (Phi) is 4.43. The van der Waals surface area contributed by atoms with E-state index in [0.29, 0.717) is 5.92 Å². The standard InChI is InChI=1S/C19H21N5O/c25-15-5-3-14(4-6-15)16-10-17-18(22-9-8-21-17)19(24-16)23-12-13-2-1-7-20-11-13/h3-6,8-10,13,20,25H,1-2,7,11-12H2,(H,23,24). The van der Waals surface area contributed by atoms with Crippen molar-refractivity contribution in [3.63, 3.8) is 0 Å². The molecule has 6 nitrogen and oxygen atoms in total. The van der Waals surface area contributed by atoms with E-state index < -0.39 is 0 Å². The zero-order valence-corrected chi connectivity index (χ0v) is 13.9. The van der Waals surface area contributed by atoms with Gasteiger partial charge < -0.3 is 15.7 Å². The molecule has 6 heteroatoms. The lowest BCUT2D eigenvalue weighted by molar-refractivity contribution is 0.392. The fraction of sp³-hybridized carbons (Fsp3) is 0.316. The lowest BCUT2D eigenvalue weighted by Crippen LogP contribution is -2.33. The molecule has 0 saturated carbocycles. The van der Waals surface area contributed by atoms with Gasteiger partial charge in [-0.15, -0.1) is 0 Å². The number of rotatable bonds is 4. The lowest BCUT2D eigenvalue weighted by Gasteiger charge is -2.23. The van der Waals surface area contributed by atoms with Crippen LogP contribution in [-0.4, -0.2) is 39.7 Å². The van der Waals surface area contributed by atoms with Gasteiger partial charge in [0.2, 0.25) is 0 Å². The molecule has 3 N–H and O–H groups in total. The van der Waals surface area contributed by atoms with Gasteiger partial charge in [0, 0.05) is 24.5 Å². The fourth-order valence-electron chi connectivity index (χ4n) is 3.21. The van der Waals surface area contributed by atoms with E-state index in [1.165, 1.54) is 12.8 Å². The molecule has 3 aromatic rings. The number of nitrogens with zero attached hydrogens (tertiary/aromatic N) is 3. The van der Waals surface area contributed by atoms with E-state index >= 15 is 0 Å². The molecule has 1 saturated heterocycles. The molecule has 4 rings (SSSR count). The average Bonchev–Trinajstić information content (AvgIpc) is 2.67. The maximum atomic E-state index is 9.50. The first-order valence-electron chi connectivity index (χ1n) is 8.65. The van der Waals surface area contributed by atoms with Crippen LogP contribution in [0.1, 0.15) is 12.8 Å². The number of phenolic OH excluding ortho intramolecular Hbond substituents is 1. The number of phenols is 1. The van der Waals surface area contributed by atoms with Gasteiger partial charge in [-0.3, -0.25) is 4.98 Å². The van der Waals surface area contributed by atoms with Gasteiger partial charge >= 0.3 is 0 Å². The summed E-state index contributed by atoms with van der Waals surface area (Å²) >= 11 is 0. The number of aromatic hydroxyl groups is 1. The number of nitrogens with one attached hydrogen (secondary N) is 2. The van der Waals surface area contributed by atoms with Gasteiger partial charge in [0.25, 0.3) is 0 Å². The van der Waals surface area contributed by atoms with Gasteiger partial charge in [0.1, 0.15) is 11.3 Å². The molecule has 1 unspecified atom stereocenters. The van der Waals surface area contributed by atoms with E-state index in [1.54, 1.807) is 24.5 Å². The van der Waals surface area contributed by atoms with Crippen LogP contribution in [0.3, 0.4) is 0 Å². The first-order chi connectivity index (χ1) is 12.3. The molecule has 1 aliphatic heterocycles. The second-order valence-electron chi connectivity index (χ2n) is 6.42. The highest BCUT2D eigenvalue weighted by molar-refractivity contribution is 5.88. The highest BCUT2D eigenvalue weighted by Crippen LogP contribution is 2.26. The summed E-state index contributed by atoms with van der Waals surface area (Å²) in [5, 5.41) is 16.4. The molecule has 1 aromatic carbocycles. The van der Waals surface area contributed by atoms with E-state index in [9.17, 15) is 5.11 Å². The Hall–Kier alpha value is -2.73. The van der Waals surface area contributed by atoms with Crippen molar-refractivity contribution in [3.05, 3.63) is 42.7 Å². The zero-order valence-electron chi connectivity index (χ0n) is 13.9. The number of hydrogen-bond acceptors (Lipinski definition) is 6. The van der Waals surface area contributed by atoms with Crippen molar-refractivity contribution in [1.82, 2.24) is 20.3 Å². The van der Waals surface area contributed by atoms with Crippen molar-refractivity contribution in [2.75, 3.05) is 25.0 Å². The molecule has 25 heavy (non-hydrogen) atoms. The molecular weight excluding hydrogens is 314 g/mol. The topological polar surface area (TPSA) is 83.0 Å². The zero-order chi connectivity index (χ0) is 17.1. The molecule has 1 atom stereocenters. The Bertz CT molecular complexity index is 859. The summed E-state index contributed by atoms with van der Waals surface area (Å²) in [6.07, 6.45) is 5.82. The van der Waals surface area contributed by atoms with Crippen LogP contribution < -0.4 is 10.6 Å². The summed E-state index contributed by atoms with van der Waals surface area (Å²) in [4.78, 5) is 13.7. The third kappa shape index (κ3) is 3.53. The second kappa shape index (κ2) is 7.03. The number of hydrogen-bond donors (Lipinski definition) is 3. The first kappa shape index (κ1) is 15.8. The minimum Gasteiger partial charge on any atom is -0.508 e. The van der Waals surface area contributed by atoms with Crippen LogP contribution in [0.4, 0.5) is 5.82 Å². The molecule has 0 aliphatic carbocycles. The van der Waals surface area contributed by atoms with Crippen molar-refractivity contribution >= 4 is 16.9 Å². The van der Waals surface area contributed by atoms with Crippen LogP contribution in [0.2, 0.25) is 0 Å². The number of piperidine rings is 1. The maximum absolute atomic E-state index is 9.50. The predicted molar refractivity (Wildman–Crippen MR) is 98.5 cm³/mol. The van der Waals surface area contributed by atoms with Gasteiger partial charge in [-0.05, 0) is 62.2 Å². The Labute approximate surface area is 146 Å². The number of anilines is 1. The monoisotopic (exact) mass is 335 g/mol. The van der Waals surface area contributed by atoms with E-state index in [-0.39, 0.29) is 5.75 Å². The highest BCUT2D eigenvalue weighted by Gasteiger charge is 2.15. The van der Waals surface area contributed by atoms with Crippen LogP contribution in [0.25, 0.3) is 22.3 Å². The third-order valence-corrected chi connectivity index (χ3v) is 4.58. The summed E-state index contributed by atoms with van der Waals surface area (Å²) in [5.41, 5.74) is 3.35. The minimum absolute atomic E-state index is 0.243. The van der Waals surface area contributed by atoms with Gasteiger partial charge in [-0.1, -0.05) is 0 Å². The molecular formula is C19H21N5O. The fourth-order valence-corrected chi connectivity index (χ4v) is 3.21. The molecule has 128 valence electrons. The summed E-state index contributed by atoms with van der Waals surface area (Å²) < 4.78 is 0. The molecule has 0 radical (unpaired) electrons. The SMILES string of the molecule is Oc1ccc(-c2cc3nccnc3c(NCC3CCCNC3)n2)cc1. The van der Waals surface area contributed by atoms with Crippen molar-refractivity contribution in [3.8, 4) is 17.0 Å². The normalized spacial score (nSPS) is 17.5. The van der Waals surface area contributed by atoms with Crippen molar-refractivity contribution in [2.24, 2.45) is 5.92 Å². The molecule has 3 heterocycles. The Morgan fingerprint density at radius 2 is 2.00 bits per heavy atom. The van der Waals surface area contributed by atoms with E-state index in [1.807, 2.05) is 18.2 Å². The van der Waals surface area contributed by atoms with Crippen molar-refractivity contribution in [1.29, 1.82) is 0 Å². The molecule has 1 aliphatic rings. The number of fused-ring (bicyclic) bond motifs is 1. The predicted octanol–water partition coefficient (Wildman–Crippen LogP) is 2.81. The number of pyridine rings is 1. The number of benzene rings is 1.